The second-order valence-electron chi connectivity index (χ2n) is 18.3. The van der Waals surface area contributed by atoms with Crippen LogP contribution in [0.1, 0.15) is 142 Å². The summed E-state index contributed by atoms with van der Waals surface area (Å²) in [6.45, 7) is 16.5. The van der Waals surface area contributed by atoms with Gasteiger partial charge in [-0.1, -0.05) is 116 Å². The van der Waals surface area contributed by atoms with Gasteiger partial charge in [0, 0.05) is 64.7 Å². The number of aliphatic hydroxyl groups excluding tert-OH is 1. The summed E-state index contributed by atoms with van der Waals surface area (Å²) in [5.41, 5.74) is 6.99. The van der Waals surface area contributed by atoms with Crippen molar-refractivity contribution in [2.24, 2.45) is 11.8 Å². The quantitative estimate of drug-likeness (QED) is 0.111. The summed E-state index contributed by atoms with van der Waals surface area (Å²) in [6.07, 6.45) is 17.4. The van der Waals surface area contributed by atoms with Crippen LogP contribution in [0, 0.1) is 17.9 Å². The van der Waals surface area contributed by atoms with Gasteiger partial charge in [0.1, 0.15) is 0 Å². The number of carbonyl (C=O) groups is 1. The van der Waals surface area contributed by atoms with Gasteiger partial charge < -0.3 is 5.11 Å². The van der Waals surface area contributed by atoms with Gasteiger partial charge in [-0.2, -0.15) is 0 Å². The van der Waals surface area contributed by atoms with E-state index in [0.717, 1.165) is 42.3 Å². The Morgan fingerprint density at radius 1 is 0.811 bits per heavy atom. The number of rotatable bonds is 4. The minimum Gasteiger partial charge on any atom is -0.512 e. The van der Waals surface area contributed by atoms with Crippen molar-refractivity contribution in [1.82, 2.24) is 4.98 Å². The van der Waals surface area contributed by atoms with E-state index in [1.165, 1.54) is 93.6 Å². The van der Waals surface area contributed by atoms with Crippen molar-refractivity contribution in [2.45, 2.75) is 142 Å². The maximum absolute atomic E-state index is 12.0. The fourth-order valence-corrected chi connectivity index (χ4v) is 10.3. The molecule has 2 aromatic heterocycles. The molecule has 3 aliphatic carbocycles. The molecule has 2 saturated carbocycles. The summed E-state index contributed by atoms with van der Waals surface area (Å²) in [4.78, 5) is 17.0. The molecule has 3 aromatic carbocycles. The van der Waals surface area contributed by atoms with Crippen LogP contribution < -0.4 is 0 Å². The first-order valence-corrected chi connectivity index (χ1v) is 20.8. The van der Waals surface area contributed by atoms with E-state index < -0.39 is 0 Å². The first-order valence-electron chi connectivity index (χ1n) is 20.0. The van der Waals surface area contributed by atoms with Crippen molar-refractivity contribution < 1.29 is 30.0 Å². The number of thiophene rings is 1. The summed E-state index contributed by atoms with van der Waals surface area (Å²) >= 11 is 1.89. The van der Waals surface area contributed by atoms with Gasteiger partial charge in [-0.15, -0.1) is 40.5 Å². The molecule has 53 heavy (non-hydrogen) atoms. The number of hydrogen-bond acceptors (Lipinski definition) is 4. The Morgan fingerprint density at radius 2 is 1.42 bits per heavy atom. The fourth-order valence-electron chi connectivity index (χ4n) is 9.10. The summed E-state index contributed by atoms with van der Waals surface area (Å²) in [5.74, 6) is 0.985. The maximum atomic E-state index is 12.0. The third kappa shape index (κ3) is 8.24. The van der Waals surface area contributed by atoms with Crippen molar-refractivity contribution in [3.05, 3.63) is 89.3 Å². The third-order valence-electron chi connectivity index (χ3n) is 12.5. The van der Waals surface area contributed by atoms with Gasteiger partial charge >= 0.3 is 0 Å². The molecule has 0 atom stereocenters. The molecule has 1 radical (unpaired) electrons. The number of fused-ring (bicyclic) bond motifs is 5. The number of hydrogen-bond donors (Lipinski definition) is 1. The number of aromatic nitrogens is 1. The number of carbonyl (C=O) groups excluding carboxylic acids is 1. The summed E-state index contributed by atoms with van der Waals surface area (Å²) in [7, 11) is 0. The van der Waals surface area contributed by atoms with E-state index in [4.69, 9.17) is 4.98 Å². The molecule has 3 aliphatic rings. The molecule has 0 aliphatic heterocycles. The second kappa shape index (κ2) is 15.7. The van der Waals surface area contributed by atoms with Gasteiger partial charge in [0.15, 0.2) is 5.78 Å². The van der Waals surface area contributed by atoms with Crippen LogP contribution in [0.5, 0.6) is 0 Å². The van der Waals surface area contributed by atoms with Crippen LogP contribution in [0.4, 0.5) is 0 Å². The van der Waals surface area contributed by atoms with E-state index >= 15 is 0 Å². The molecule has 0 unspecified atom stereocenters. The average Bonchev–Trinajstić information content (AvgIpc) is 3.51. The van der Waals surface area contributed by atoms with Crippen LogP contribution in [0.2, 0.25) is 0 Å². The molecule has 2 fully saturated rings. The number of benzene rings is 3. The van der Waals surface area contributed by atoms with Gasteiger partial charge in [-0.3, -0.25) is 9.78 Å². The van der Waals surface area contributed by atoms with E-state index in [1.54, 1.807) is 6.08 Å². The van der Waals surface area contributed by atoms with Crippen molar-refractivity contribution in [1.29, 1.82) is 0 Å². The molecule has 3 nitrogen and oxygen atoms in total. The zero-order valence-electron chi connectivity index (χ0n) is 33.0. The Hall–Kier alpha value is -2.85. The molecule has 0 bridgehead atoms. The SMILES string of the molecule is CC(C)(C)c1cc(-c2nccc3c2sc2cc4c(cc23)C(C)(C)CCC4(C)C)[c-]c2ccccc12.O=C(/C=C(\O)C1CCCCC1)C1CCCCC1.[Ir]. The average molecular weight is 905 g/mol. The van der Waals surface area contributed by atoms with Crippen LogP contribution in [-0.2, 0) is 41.1 Å². The van der Waals surface area contributed by atoms with Gasteiger partial charge in [-0.05, 0) is 89.5 Å². The smallest absolute Gasteiger partial charge is 0.162 e. The van der Waals surface area contributed by atoms with E-state index in [2.05, 4.69) is 103 Å². The molecule has 8 rings (SSSR count). The second-order valence-corrected chi connectivity index (χ2v) is 19.4. The van der Waals surface area contributed by atoms with E-state index in [9.17, 15) is 9.90 Å². The van der Waals surface area contributed by atoms with Crippen molar-refractivity contribution in [2.75, 3.05) is 0 Å². The predicted molar refractivity (Wildman–Crippen MR) is 222 cm³/mol. The van der Waals surface area contributed by atoms with Crippen molar-refractivity contribution in [3.8, 4) is 11.3 Å². The van der Waals surface area contributed by atoms with Crippen molar-refractivity contribution >= 4 is 48.1 Å². The standard InChI is InChI=1S/C33H34NS.C15H24O2.Ir/c1-31(2,3)25-17-21(16-20-10-8-9-11-22(20)25)29-30-23(12-15-34-29)24-18-26-27(19-28(24)35-30)33(6,7)14-13-32(26,4)5;16-14(12-7-3-1-4-8-12)11-15(17)13-9-5-2-6-10-13;/h8-12,15,17-19H,13-14H2,1-7H3;11-13,16H,1-10H2;/q-1;;/b;14-11-;. The number of ketones is 1. The maximum Gasteiger partial charge on any atom is 0.162 e. The zero-order chi connectivity index (χ0) is 36.8. The van der Waals surface area contributed by atoms with Crippen LogP contribution >= 0.6 is 11.3 Å². The number of aliphatic hydroxyl groups is 1. The Balaban J connectivity index is 0.000000226. The van der Waals surface area contributed by atoms with Crippen LogP contribution in [-0.4, -0.2) is 15.9 Å². The normalized spacial score (nSPS) is 19.3. The molecule has 0 spiro atoms. The Kier molecular flexibility index (Phi) is 11.8. The molecule has 283 valence electrons. The fraction of sp³-hybridized carbons (Fsp3) is 0.500. The Bertz CT molecular complexity index is 2140. The molecule has 5 heteroatoms. The molecule has 0 amide bonds. The molecule has 0 saturated heterocycles. The largest absolute Gasteiger partial charge is 0.512 e. The molecular weight excluding hydrogens is 847 g/mol. The molecule has 2 heterocycles. The van der Waals surface area contributed by atoms with Crippen LogP contribution in [0.3, 0.4) is 0 Å². The topological polar surface area (TPSA) is 50.2 Å². The monoisotopic (exact) mass is 905 g/mol. The third-order valence-corrected chi connectivity index (χ3v) is 13.7. The minimum atomic E-state index is 0. The van der Waals surface area contributed by atoms with Gasteiger partial charge in [0.2, 0.25) is 0 Å². The molecule has 1 N–H and O–H groups in total. The van der Waals surface area contributed by atoms with Gasteiger partial charge in [-0.25, -0.2) is 0 Å². The zero-order valence-corrected chi connectivity index (χ0v) is 36.2. The Morgan fingerprint density at radius 3 is 2.06 bits per heavy atom. The summed E-state index contributed by atoms with van der Waals surface area (Å²) < 4.78 is 2.64. The first kappa shape index (κ1) is 39.8. The van der Waals surface area contributed by atoms with Crippen LogP contribution in [0.15, 0.2) is 66.6 Å². The Labute approximate surface area is 335 Å². The number of nitrogens with zero attached hydrogens (tertiary/aromatic N) is 1. The van der Waals surface area contributed by atoms with E-state index in [0.29, 0.717) is 5.76 Å². The van der Waals surface area contributed by atoms with Crippen LogP contribution in [0.25, 0.3) is 42.2 Å². The molecular formula is C48H58IrNO2S-. The molecule has 5 aromatic rings. The summed E-state index contributed by atoms with van der Waals surface area (Å²) in [5, 5.41) is 15.1. The van der Waals surface area contributed by atoms with E-state index in [1.807, 2.05) is 17.5 Å². The van der Waals surface area contributed by atoms with E-state index in [-0.39, 0.29) is 54.0 Å². The summed E-state index contributed by atoms with van der Waals surface area (Å²) in [6, 6.07) is 21.9. The van der Waals surface area contributed by atoms with Crippen molar-refractivity contribution in [3.63, 3.8) is 0 Å². The number of pyridine rings is 1. The number of allylic oxidation sites excluding steroid dienone is 2. The van der Waals surface area contributed by atoms with Gasteiger partial charge in [0.25, 0.3) is 0 Å². The van der Waals surface area contributed by atoms with Gasteiger partial charge in [0.05, 0.1) is 5.76 Å². The first-order chi connectivity index (χ1) is 24.7. The minimum absolute atomic E-state index is 0. The predicted octanol–water partition coefficient (Wildman–Crippen LogP) is 13.9.